The van der Waals surface area contributed by atoms with Crippen LogP contribution in [0.15, 0.2) is 0 Å². The molecule has 0 bridgehead atoms. The molecule has 0 radical (unpaired) electrons. The molecule has 0 spiro atoms. The first-order valence-corrected chi connectivity index (χ1v) is 8.44. The second kappa shape index (κ2) is 10.6. The van der Waals surface area contributed by atoms with Gasteiger partial charge < -0.3 is 10.2 Å². The number of carbonyl (C=O) groups is 2. The van der Waals surface area contributed by atoms with Gasteiger partial charge in [0.1, 0.15) is 0 Å². The van der Waals surface area contributed by atoms with E-state index >= 15 is 0 Å². The molecule has 2 amide bonds. The zero-order valence-corrected chi connectivity index (χ0v) is 13.7. The van der Waals surface area contributed by atoms with E-state index in [4.69, 9.17) is 0 Å². The number of piperazine rings is 1. The molecule has 1 fully saturated rings. The second-order valence-electron chi connectivity index (χ2n) is 5.78. The highest BCUT2D eigenvalue weighted by atomic mass is 16.2. The zero-order chi connectivity index (χ0) is 15.5. The summed E-state index contributed by atoms with van der Waals surface area (Å²) in [5.74, 6) is 0.453. The molecule has 0 aromatic rings. The fraction of sp³-hybridized carbons (Fsp3) is 0.875. The van der Waals surface area contributed by atoms with Crippen molar-refractivity contribution in [2.45, 2.75) is 52.4 Å². The van der Waals surface area contributed by atoms with E-state index in [1.165, 1.54) is 0 Å². The van der Waals surface area contributed by atoms with E-state index in [9.17, 15) is 9.59 Å². The maximum atomic E-state index is 11.9. The van der Waals surface area contributed by atoms with Gasteiger partial charge in [-0.2, -0.15) is 0 Å². The van der Waals surface area contributed by atoms with E-state index in [0.717, 1.165) is 58.4 Å². The molecule has 1 N–H and O–H groups in total. The van der Waals surface area contributed by atoms with Gasteiger partial charge in [0.2, 0.25) is 11.8 Å². The van der Waals surface area contributed by atoms with Gasteiger partial charge in [0.15, 0.2) is 0 Å². The Morgan fingerprint density at radius 3 is 2.19 bits per heavy atom. The Morgan fingerprint density at radius 2 is 1.57 bits per heavy atom. The zero-order valence-electron chi connectivity index (χ0n) is 13.7. The summed E-state index contributed by atoms with van der Waals surface area (Å²) in [6.07, 6.45) is 5.40. The van der Waals surface area contributed by atoms with Crippen LogP contribution in [0.4, 0.5) is 0 Å². The Bertz CT molecular complexity index is 310. The number of nitrogens with one attached hydrogen (secondary N) is 1. The first kappa shape index (κ1) is 18.0. The van der Waals surface area contributed by atoms with Crippen LogP contribution in [0.25, 0.3) is 0 Å². The molecule has 0 aromatic carbocycles. The first-order valence-electron chi connectivity index (χ1n) is 8.44. The molecule has 0 aliphatic carbocycles. The van der Waals surface area contributed by atoms with E-state index in [1.807, 2.05) is 4.90 Å². The Balaban J connectivity index is 2.10. The van der Waals surface area contributed by atoms with Crippen LogP contribution in [0.5, 0.6) is 0 Å². The third-order valence-corrected chi connectivity index (χ3v) is 3.98. The summed E-state index contributed by atoms with van der Waals surface area (Å²) < 4.78 is 0. The third-order valence-electron chi connectivity index (χ3n) is 3.98. The lowest BCUT2D eigenvalue weighted by Gasteiger charge is -2.34. The molecule has 1 aliphatic heterocycles. The molecule has 1 heterocycles. The van der Waals surface area contributed by atoms with Gasteiger partial charge in [-0.1, -0.05) is 26.7 Å². The van der Waals surface area contributed by atoms with Crippen molar-refractivity contribution in [3.8, 4) is 0 Å². The molecule has 1 aliphatic rings. The van der Waals surface area contributed by atoms with Crippen molar-refractivity contribution >= 4 is 11.8 Å². The van der Waals surface area contributed by atoms with Crippen LogP contribution in [-0.4, -0.2) is 60.9 Å². The van der Waals surface area contributed by atoms with Gasteiger partial charge in [-0.15, -0.1) is 0 Å². The first-order chi connectivity index (χ1) is 10.2. The fourth-order valence-corrected chi connectivity index (χ4v) is 2.49. The average molecular weight is 297 g/mol. The van der Waals surface area contributed by atoms with Gasteiger partial charge in [0.05, 0.1) is 0 Å². The van der Waals surface area contributed by atoms with Crippen LogP contribution in [0, 0.1) is 0 Å². The molecule has 0 atom stereocenters. The van der Waals surface area contributed by atoms with E-state index in [0.29, 0.717) is 25.3 Å². The molecular formula is C16H31N3O2. The molecular weight excluding hydrogens is 266 g/mol. The Labute approximate surface area is 129 Å². The van der Waals surface area contributed by atoms with Crippen molar-refractivity contribution < 1.29 is 9.59 Å². The van der Waals surface area contributed by atoms with Crippen LogP contribution in [0.2, 0.25) is 0 Å². The Morgan fingerprint density at radius 1 is 0.952 bits per heavy atom. The number of carbonyl (C=O) groups excluding carboxylic acids is 2. The van der Waals surface area contributed by atoms with E-state index in [1.54, 1.807) is 0 Å². The van der Waals surface area contributed by atoms with Crippen molar-refractivity contribution in [1.82, 2.24) is 15.1 Å². The standard InChI is InChI=1S/C16H31N3O2/c1-3-5-7-15(20)17-9-10-18-11-13-19(14-12-18)16(21)8-6-4-2/h3-14H2,1-2H3,(H,17,20). The summed E-state index contributed by atoms with van der Waals surface area (Å²) in [5, 5.41) is 2.97. The fourth-order valence-electron chi connectivity index (χ4n) is 2.49. The van der Waals surface area contributed by atoms with Crippen LogP contribution in [-0.2, 0) is 9.59 Å². The minimum atomic E-state index is 0.158. The van der Waals surface area contributed by atoms with Crippen LogP contribution in [0.3, 0.4) is 0 Å². The van der Waals surface area contributed by atoms with Crippen molar-refractivity contribution in [2.75, 3.05) is 39.3 Å². The summed E-state index contributed by atoms with van der Waals surface area (Å²) >= 11 is 0. The maximum Gasteiger partial charge on any atom is 0.222 e. The highest BCUT2D eigenvalue weighted by Crippen LogP contribution is 2.06. The van der Waals surface area contributed by atoms with Gasteiger partial charge in [-0.25, -0.2) is 0 Å². The Kier molecular flexibility index (Phi) is 9.06. The smallest absolute Gasteiger partial charge is 0.222 e. The summed E-state index contributed by atoms with van der Waals surface area (Å²) in [6, 6.07) is 0. The van der Waals surface area contributed by atoms with E-state index in [-0.39, 0.29) is 5.91 Å². The quantitative estimate of drug-likeness (QED) is 0.704. The minimum Gasteiger partial charge on any atom is -0.355 e. The van der Waals surface area contributed by atoms with Crippen molar-refractivity contribution in [2.24, 2.45) is 0 Å². The predicted molar refractivity (Wildman–Crippen MR) is 85.1 cm³/mol. The van der Waals surface area contributed by atoms with Gasteiger partial charge >= 0.3 is 0 Å². The molecule has 0 saturated carbocycles. The molecule has 5 heteroatoms. The average Bonchev–Trinajstić information content (AvgIpc) is 2.51. The third kappa shape index (κ3) is 7.46. The summed E-state index contributed by atoms with van der Waals surface area (Å²) in [7, 11) is 0. The van der Waals surface area contributed by atoms with Crippen LogP contribution < -0.4 is 5.32 Å². The number of hydrogen-bond acceptors (Lipinski definition) is 3. The summed E-state index contributed by atoms with van der Waals surface area (Å²) in [6.45, 7) is 9.29. The number of unbranched alkanes of at least 4 members (excludes halogenated alkanes) is 2. The van der Waals surface area contributed by atoms with Gasteiger partial charge in [-0.3, -0.25) is 14.5 Å². The minimum absolute atomic E-state index is 0.158. The van der Waals surface area contributed by atoms with Crippen molar-refractivity contribution in [3.05, 3.63) is 0 Å². The lowest BCUT2D eigenvalue weighted by atomic mass is 10.2. The molecule has 1 rings (SSSR count). The number of rotatable bonds is 9. The lowest BCUT2D eigenvalue weighted by Crippen LogP contribution is -2.50. The van der Waals surface area contributed by atoms with Crippen LogP contribution >= 0.6 is 0 Å². The van der Waals surface area contributed by atoms with Gasteiger partial charge in [0.25, 0.3) is 0 Å². The van der Waals surface area contributed by atoms with Crippen molar-refractivity contribution in [3.63, 3.8) is 0 Å². The van der Waals surface area contributed by atoms with Gasteiger partial charge in [-0.05, 0) is 12.8 Å². The highest BCUT2D eigenvalue weighted by Gasteiger charge is 2.20. The van der Waals surface area contributed by atoms with Crippen LogP contribution in [0.1, 0.15) is 52.4 Å². The van der Waals surface area contributed by atoms with Gasteiger partial charge in [0, 0.05) is 52.1 Å². The summed E-state index contributed by atoms with van der Waals surface area (Å²) in [5.41, 5.74) is 0. The number of nitrogens with zero attached hydrogens (tertiary/aromatic N) is 2. The maximum absolute atomic E-state index is 11.9. The number of hydrogen-bond donors (Lipinski definition) is 1. The SMILES string of the molecule is CCCCC(=O)NCCN1CCN(C(=O)CCCC)CC1. The lowest BCUT2D eigenvalue weighted by molar-refractivity contribution is -0.133. The molecule has 5 nitrogen and oxygen atoms in total. The van der Waals surface area contributed by atoms with Crippen molar-refractivity contribution in [1.29, 1.82) is 0 Å². The molecule has 0 aromatic heterocycles. The largest absolute Gasteiger partial charge is 0.355 e. The second-order valence-corrected chi connectivity index (χ2v) is 5.78. The molecule has 0 unspecified atom stereocenters. The topological polar surface area (TPSA) is 52.7 Å². The van der Waals surface area contributed by atoms with E-state index in [2.05, 4.69) is 24.1 Å². The molecule has 1 saturated heterocycles. The van der Waals surface area contributed by atoms with E-state index < -0.39 is 0 Å². The monoisotopic (exact) mass is 297 g/mol. The molecule has 21 heavy (non-hydrogen) atoms. The highest BCUT2D eigenvalue weighted by molar-refractivity contribution is 5.76. The predicted octanol–water partition coefficient (Wildman–Crippen LogP) is 1.63. The normalized spacial score (nSPS) is 16.0. The number of amides is 2. The Hall–Kier alpha value is -1.10. The summed E-state index contributed by atoms with van der Waals surface area (Å²) in [4.78, 5) is 27.7. The molecule has 122 valence electrons.